The molecule has 0 bridgehead atoms. The van der Waals surface area contributed by atoms with E-state index in [1.807, 2.05) is 39.1 Å². The Morgan fingerprint density at radius 1 is 1.30 bits per heavy atom. The largest absolute Gasteiger partial charge is 0.334 e. The normalized spacial score (nSPS) is 16.6. The van der Waals surface area contributed by atoms with E-state index >= 15 is 0 Å². The molecule has 1 atom stereocenters. The molecule has 3 aromatic heterocycles. The van der Waals surface area contributed by atoms with E-state index in [1.54, 1.807) is 16.8 Å². The molecule has 5 nitrogen and oxygen atoms in total. The number of carbonyl (C=O) groups is 1. The van der Waals surface area contributed by atoms with Crippen LogP contribution < -0.4 is 0 Å². The van der Waals surface area contributed by atoms with Crippen molar-refractivity contribution in [1.82, 2.24) is 19.4 Å². The fourth-order valence-corrected chi connectivity index (χ4v) is 5.32. The van der Waals surface area contributed by atoms with Gasteiger partial charge in [-0.25, -0.2) is 9.97 Å². The van der Waals surface area contributed by atoms with Crippen molar-refractivity contribution in [2.24, 2.45) is 0 Å². The summed E-state index contributed by atoms with van der Waals surface area (Å²) in [5.41, 5.74) is 5.76. The molecule has 27 heavy (non-hydrogen) atoms. The van der Waals surface area contributed by atoms with Crippen molar-refractivity contribution >= 4 is 39.6 Å². The van der Waals surface area contributed by atoms with Crippen molar-refractivity contribution in [3.8, 4) is 11.5 Å². The summed E-state index contributed by atoms with van der Waals surface area (Å²) in [7, 11) is 0. The highest BCUT2D eigenvalue weighted by Gasteiger charge is 2.29. The maximum Gasteiger partial charge on any atom is 0.243 e. The van der Waals surface area contributed by atoms with Gasteiger partial charge >= 0.3 is 0 Å². The molecular formula is C20H18N4OS2. The lowest BCUT2D eigenvalue weighted by atomic mass is 10.0. The smallest absolute Gasteiger partial charge is 0.243 e. The topological polar surface area (TPSA) is 51.0 Å². The van der Waals surface area contributed by atoms with Gasteiger partial charge in [-0.05, 0) is 42.5 Å². The number of carbonyl (C=O) groups excluding carboxylic acids is 1. The molecule has 0 unspecified atom stereocenters. The molecule has 1 amide bonds. The Labute approximate surface area is 164 Å². The highest BCUT2D eigenvalue weighted by molar-refractivity contribution is 7.10. The Hall–Kier alpha value is -2.51. The monoisotopic (exact) mass is 394 g/mol. The van der Waals surface area contributed by atoms with E-state index in [0.717, 1.165) is 35.5 Å². The number of benzene rings is 1. The fourth-order valence-electron chi connectivity index (χ4n) is 3.83. The second-order valence-corrected chi connectivity index (χ2v) is 8.42. The molecular weight excluding hydrogens is 376 g/mol. The molecule has 0 spiro atoms. The summed E-state index contributed by atoms with van der Waals surface area (Å²) in [4.78, 5) is 25.8. The Balaban J connectivity index is 1.51. The standard InChI is InChI=1S/C20H18N4OS2/c1-13-14-7-9-27-18(14)6-8-23(13)19(25)10-24-17-5-3-2-4-15(17)22-20(24)16-11-26-12-21-16/h2-5,7,9,11-13H,6,8,10H2,1H3/t13-/m1/s1. The number of aromatic nitrogens is 3. The van der Waals surface area contributed by atoms with Crippen LogP contribution in [0.4, 0.5) is 0 Å². The predicted octanol–water partition coefficient (Wildman–Crippen LogP) is 4.37. The third kappa shape index (κ3) is 2.78. The van der Waals surface area contributed by atoms with Gasteiger partial charge in [0.2, 0.25) is 5.91 Å². The van der Waals surface area contributed by atoms with Gasteiger partial charge in [0.1, 0.15) is 12.2 Å². The highest BCUT2D eigenvalue weighted by atomic mass is 32.1. The third-order valence-corrected chi connectivity index (χ3v) is 6.79. The van der Waals surface area contributed by atoms with Crippen LogP contribution in [0, 0.1) is 0 Å². The average Bonchev–Trinajstić information content (AvgIpc) is 3.42. The minimum absolute atomic E-state index is 0.116. The van der Waals surface area contributed by atoms with Crippen molar-refractivity contribution in [3.63, 3.8) is 0 Å². The summed E-state index contributed by atoms with van der Waals surface area (Å²) < 4.78 is 2.00. The summed E-state index contributed by atoms with van der Waals surface area (Å²) >= 11 is 3.33. The summed E-state index contributed by atoms with van der Waals surface area (Å²) in [6, 6.07) is 10.2. The number of thiophene rings is 1. The van der Waals surface area contributed by atoms with E-state index in [4.69, 9.17) is 4.98 Å². The molecule has 0 saturated carbocycles. The van der Waals surface area contributed by atoms with Gasteiger partial charge in [-0.1, -0.05) is 12.1 Å². The zero-order valence-electron chi connectivity index (χ0n) is 14.8. The number of amides is 1. The number of thiazole rings is 1. The van der Waals surface area contributed by atoms with Crippen molar-refractivity contribution < 1.29 is 4.79 Å². The van der Waals surface area contributed by atoms with E-state index in [0.29, 0.717) is 0 Å². The van der Waals surface area contributed by atoms with Gasteiger partial charge in [-0.3, -0.25) is 4.79 Å². The lowest BCUT2D eigenvalue weighted by Crippen LogP contribution is -2.40. The summed E-state index contributed by atoms with van der Waals surface area (Å²) in [6.07, 6.45) is 0.937. The Morgan fingerprint density at radius 2 is 2.19 bits per heavy atom. The van der Waals surface area contributed by atoms with Gasteiger partial charge in [-0.15, -0.1) is 22.7 Å². The van der Waals surface area contributed by atoms with Gasteiger partial charge in [0.25, 0.3) is 0 Å². The van der Waals surface area contributed by atoms with Crippen LogP contribution in [0.15, 0.2) is 46.6 Å². The van der Waals surface area contributed by atoms with E-state index in [2.05, 4.69) is 23.4 Å². The van der Waals surface area contributed by atoms with Gasteiger partial charge in [0.05, 0.1) is 22.6 Å². The number of hydrogen-bond donors (Lipinski definition) is 0. The maximum absolute atomic E-state index is 13.2. The van der Waals surface area contributed by atoms with Gasteiger partial charge in [0, 0.05) is 16.8 Å². The molecule has 0 fully saturated rings. The SMILES string of the molecule is C[C@@H]1c2ccsc2CCN1C(=O)Cn1c(-c2cscn2)nc2ccccc21. The Bertz CT molecular complexity index is 1110. The van der Waals surface area contributed by atoms with Crippen LogP contribution in [0.1, 0.15) is 23.4 Å². The van der Waals surface area contributed by atoms with Crippen LogP contribution in [-0.2, 0) is 17.8 Å². The molecule has 5 rings (SSSR count). The van der Waals surface area contributed by atoms with Crippen LogP contribution in [0.25, 0.3) is 22.6 Å². The molecule has 7 heteroatoms. The molecule has 4 heterocycles. The first-order chi connectivity index (χ1) is 13.2. The van der Waals surface area contributed by atoms with E-state index in [1.165, 1.54) is 21.8 Å². The van der Waals surface area contributed by atoms with Crippen molar-refractivity contribution in [2.45, 2.75) is 25.9 Å². The molecule has 4 aromatic rings. The lowest BCUT2D eigenvalue weighted by Gasteiger charge is -2.34. The minimum atomic E-state index is 0.116. The summed E-state index contributed by atoms with van der Waals surface area (Å²) in [5, 5.41) is 4.10. The Kier molecular flexibility index (Phi) is 4.06. The number of para-hydroxylation sites is 2. The molecule has 1 aliphatic heterocycles. The quantitative estimate of drug-likeness (QED) is 0.519. The number of fused-ring (bicyclic) bond motifs is 2. The van der Waals surface area contributed by atoms with Gasteiger partial charge in [0.15, 0.2) is 5.82 Å². The predicted molar refractivity (Wildman–Crippen MR) is 109 cm³/mol. The van der Waals surface area contributed by atoms with Crippen LogP contribution in [0.3, 0.4) is 0 Å². The van der Waals surface area contributed by atoms with Gasteiger partial charge in [-0.2, -0.15) is 0 Å². The second kappa shape index (κ2) is 6.58. The molecule has 1 aliphatic rings. The molecule has 0 N–H and O–H groups in total. The number of imidazole rings is 1. The molecule has 0 aliphatic carbocycles. The van der Waals surface area contributed by atoms with Crippen molar-refractivity contribution in [2.75, 3.05) is 6.54 Å². The van der Waals surface area contributed by atoms with Crippen molar-refractivity contribution in [1.29, 1.82) is 0 Å². The summed E-state index contributed by atoms with van der Waals surface area (Å²) in [5.74, 6) is 0.880. The maximum atomic E-state index is 13.2. The van der Waals surface area contributed by atoms with Crippen LogP contribution in [0.2, 0.25) is 0 Å². The zero-order chi connectivity index (χ0) is 18.4. The van der Waals surface area contributed by atoms with E-state index < -0.39 is 0 Å². The first-order valence-corrected chi connectivity index (χ1v) is 10.7. The fraction of sp³-hybridized carbons (Fsp3) is 0.250. The highest BCUT2D eigenvalue weighted by Crippen LogP contribution is 2.33. The van der Waals surface area contributed by atoms with E-state index in [-0.39, 0.29) is 18.5 Å². The molecule has 1 aromatic carbocycles. The number of hydrogen-bond acceptors (Lipinski definition) is 5. The third-order valence-electron chi connectivity index (χ3n) is 5.21. The molecule has 0 radical (unpaired) electrons. The average molecular weight is 395 g/mol. The molecule has 0 saturated heterocycles. The number of nitrogens with zero attached hydrogens (tertiary/aromatic N) is 4. The number of rotatable bonds is 3. The first-order valence-electron chi connectivity index (χ1n) is 8.92. The Morgan fingerprint density at radius 3 is 3.04 bits per heavy atom. The summed E-state index contributed by atoms with van der Waals surface area (Å²) in [6.45, 7) is 3.17. The molecule has 136 valence electrons. The zero-order valence-corrected chi connectivity index (χ0v) is 16.5. The minimum Gasteiger partial charge on any atom is -0.334 e. The van der Waals surface area contributed by atoms with Crippen molar-refractivity contribution in [3.05, 3.63) is 57.0 Å². The van der Waals surface area contributed by atoms with Crippen LogP contribution >= 0.6 is 22.7 Å². The van der Waals surface area contributed by atoms with E-state index in [9.17, 15) is 4.79 Å². The van der Waals surface area contributed by atoms with Crippen LogP contribution in [-0.4, -0.2) is 31.9 Å². The van der Waals surface area contributed by atoms with Crippen LogP contribution in [0.5, 0.6) is 0 Å². The van der Waals surface area contributed by atoms with Gasteiger partial charge < -0.3 is 9.47 Å². The lowest BCUT2D eigenvalue weighted by molar-refractivity contribution is -0.134. The second-order valence-electron chi connectivity index (χ2n) is 6.70. The first kappa shape index (κ1) is 16.6.